The average molecular weight is 612 g/mol. The van der Waals surface area contributed by atoms with Crippen LogP contribution in [0.15, 0.2) is 16.8 Å². The van der Waals surface area contributed by atoms with Crippen molar-refractivity contribution in [2.24, 2.45) is 39.7 Å². The van der Waals surface area contributed by atoms with Crippen LogP contribution >= 0.6 is 0 Å². The summed E-state index contributed by atoms with van der Waals surface area (Å²) < 4.78 is 10.8. The number of rotatable bonds is 8. The van der Waals surface area contributed by atoms with Crippen molar-refractivity contribution in [1.82, 2.24) is 10.2 Å². The molecule has 5 fully saturated rings. The molecule has 2 heterocycles. The molecule has 0 bridgehead atoms. The second kappa shape index (κ2) is 12.5. The summed E-state index contributed by atoms with van der Waals surface area (Å²) >= 11 is 0. The monoisotopic (exact) mass is 611 g/mol. The summed E-state index contributed by atoms with van der Waals surface area (Å²) in [7, 11) is 0. The molecule has 9 nitrogen and oxygen atoms in total. The van der Waals surface area contributed by atoms with Gasteiger partial charge in [-0.1, -0.05) is 24.6 Å². The molecule has 1 amide bonds. The molecule has 244 valence electrons. The lowest BCUT2D eigenvalue weighted by Crippen LogP contribution is -2.52. The molecule has 2 aliphatic heterocycles. The molecule has 9 heteroatoms. The zero-order valence-corrected chi connectivity index (χ0v) is 27.4. The molecule has 4 aliphatic carbocycles. The van der Waals surface area contributed by atoms with Crippen LogP contribution in [0.3, 0.4) is 0 Å². The number of ether oxygens (including phenoxy) is 2. The van der Waals surface area contributed by atoms with Crippen LogP contribution < -0.4 is 5.32 Å². The van der Waals surface area contributed by atoms with Crippen molar-refractivity contribution in [2.45, 2.75) is 129 Å². The van der Waals surface area contributed by atoms with Crippen LogP contribution in [0.4, 0.5) is 4.79 Å². The number of allylic oxidation sites excluding steroid dienone is 1. The van der Waals surface area contributed by atoms with Crippen molar-refractivity contribution in [2.75, 3.05) is 19.8 Å². The van der Waals surface area contributed by atoms with Gasteiger partial charge in [-0.3, -0.25) is 19.3 Å². The molecule has 0 aromatic heterocycles. The molecule has 0 aromatic rings. The fourth-order valence-electron chi connectivity index (χ4n) is 10.1. The average Bonchev–Trinajstić information content (AvgIpc) is 3.57. The molecule has 2 saturated heterocycles. The first-order valence-corrected chi connectivity index (χ1v) is 17.3. The Morgan fingerprint density at radius 1 is 1.07 bits per heavy atom. The SMILES string of the molecule is C/C(=N\OC(=O)N(CCC1CCC(C(=O)OC(C)C)N1)C1COC1)[C@H]1CC[C@H]2[C@@H]3CCC4=CC(=O)CC[C@]4(C)[C@H]3CC[C@]12C. The van der Waals surface area contributed by atoms with E-state index >= 15 is 0 Å². The van der Waals surface area contributed by atoms with E-state index in [-0.39, 0.29) is 41.0 Å². The highest BCUT2D eigenvalue weighted by Crippen LogP contribution is 2.66. The standard InChI is InChI=1S/C35H53N3O6/c1-21(2)43-32(40)31-11-7-24(36-31)14-17-38(25-19-42-20-25)33(41)44-37-22(3)28-9-10-29-27-8-6-23-18-26(39)12-15-34(23,4)30(27)13-16-35(28,29)5/h18,21,24-25,27-31,36H,6-17,19-20H2,1-5H3/b37-22+/t24?,27-,28+,29-,30-,31?,34-,35+/m0/s1. The largest absolute Gasteiger partial charge is 0.462 e. The van der Waals surface area contributed by atoms with Gasteiger partial charge in [0.15, 0.2) is 5.78 Å². The van der Waals surface area contributed by atoms with Crippen molar-refractivity contribution in [3.63, 3.8) is 0 Å². The van der Waals surface area contributed by atoms with E-state index in [0.29, 0.717) is 55.6 Å². The molecule has 6 aliphatic rings. The van der Waals surface area contributed by atoms with Gasteiger partial charge >= 0.3 is 12.1 Å². The minimum atomic E-state index is -0.416. The third-order valence-electron chi connectivity index (χ3n) is 12.6. The second-order valence-corrected chi connectivity index (χ2v) is 15.4. The molecule has 6 rings (SSSR count). The van der Waals surface area contributed by atoms with Crippen LogP contribution in [0.2, 0.25) is 0 Å². The van der Waals surface area contributed by atoms with Gasteiger partial charge in [0, 0.05) is 24.9 Å². The zero-order valence-electron chi connectivity index (χ0n) is 27.4. The summed E-state index contributed by atoms with van der Waals surface area (Å²) in [6.07, 6.45) is 12.4. The number of nitrogens with zero attached hydrogens (tertiary/aromatic N) is 2. The molecule has 44 heavy (non-hydrogen) atoms. The van der Waals surface area contributed by atoms with Gasteiger partial charge < -0.3 is 14.8 Å². The Balaban J connectivity index is 1.06. The van der Waals surface area contributed by atoms with Gasteiger partial charge in [0.2, 0.25) is 0 Å². The lowest BCUT2D eigenvalue weighted by Gasteiger charge is -2.58. The van der Waals surface area contributed by atoms with E-state index in [1.165, 1.54) is 24.8 Å². The molecule has 1 N–H and O–H groups in total. The first kappa shape index (κ1) is 31.7. The van der Waals surface area contributed by atoms with Gasteiger partial charge in [0.1, 0.15) is 6.04 Å². The number of amides is 1. The zero-order chi connectivity index (χ0) is 31.2. The summed E-state index contributed by atoms with van der Waals surface area (Å²) in [4.78, 5) is 45.3. The highest BCUT2D eigenvalue weighted by atomic mass is 16.7. The van der Waals surface area contributed by atoms with Crippen molar-refractivity contribution < 1.29 is 28.7 Å². The van der Waals surface area contributed by atoms with Gasteiger partial charge in [-0.15, -0.1) is 0 Å². The van der Waals surface area contributed by atoms with Gasteiger partial charge in [-0.05, 0) is 120 Å². The van der Waals surface area contributed by atoms with Crippen molar-refractivity contribution in [1.29, 1.82) is 0 Å². The van der Waals surface area contributed by atoms with Gasteiger partial charge in [-0.25, -0.2) is 4.79 Å². The number of carbonyl (C=O) groups is 3. The fourth-order valence-corrected chi connectivity index (χ4v) is 10.1. The van der Waals surface area contributed by atoms with Crippen molar-refractivity contribution in [3.05, 3.63) is 11.6 Å². The highest BCUT2D eigenvalue weighted by Gasteiger charge is 2.59. The van der Waals surface area contributed by atoms with Crippen LogP contribution in [0.1, 0.15) is 105 Å². The van der Waals surface area contributed by atoms with Crippen LogP contribution in [0, 0.1) is 34.5 Å². The van der Waals surface area contributed by atoms with Crippen LogP contribution in [0.5, 0.6) is 0 Å². The van der Waals surface area contributed by atoms with E-state index in [1.807, 2.05) is 26.8 Å². The molecular weight excluding hydrogens is 558 g/mol. The topological polar surface area (TPSA) is 107 Å². The minimum absolute atomic E-state index is 0.00791. The third kappa shape index (κ3) is 5.88. The Kier molecular flexibility index (Phi) is 9.01. The highest BCUT2D eigenvalue weighted by molar-refractivity contribution is 5.91. The number of carbonyl (C=O) groups excluding carboxylic acids is 3. The maximum absolute atomic E-state index is 13.4. The lowest BCUT2D eigenvalue weighted by molar-refractivity contribution is -0.149. The Hall–Kier alpha value is -2.26. The third-order valence-corrected chi connectivity index (χ3v) is 12.6. The summed E-state index contributed by atoms with van der Waals surface area (Å²) in [5.41, 5.74) is 2.68. The Morgan fingerprint density at radius 2 is 1.86 bits per heavy atom. The lowest BCUT2D eigenvalue weighted by atomic mass is 9.46. The van der Waals surface area contributed by atoms with Crippen molar-refractivity contribution in [3.8, 4) is 0 Å². The summed E-state index contributed by atoms with van der Waals surface area (Å²) in [5.74, 6) is 2.42. The van der Waals surface area contributed by atoms with Gasteiger partial charge in [0.05, 0.1) is 31.1 Å². The molecule has 2 unspecified atom stereocenters. The van der Waals surface area contributed by atoms with E-state index in [1.54, 1.807) is 4.90 Å². The summed E-state index contributed by atoms with van der Waals surface area (Å²) in [6, 6.07) is -0.142. The molecule has 0 aromatic carbocycles. The van der Waals surface area contributed by atoms with E-state index in [2.05, 4.69) is 24.3 Å². The van der Waals surface area contributed by atoms with Crippen LogP contribution in [-0.4, -0.2) is 72.4 Å². The van der Waals surface area contributed by atoms with E-state index in [4.69, 9.17) is 14.3 Å². The second-order valence-electron chi connectivity index (χ2n) is 15.4. The molecule has 0 radical (unpaired) electrons. The Labute approximate surface area is 262 Å². The predicted molar refractivity (Wildman–Crippen MR) is 167 cm³/mol. The van der Waals surface area contributed by atoms with E-state index in [0.717, 1.165) is 50.7 Å². The van der Waals surface area contributed by atoms with E-state index < -0.39 is 6.09 Å². The number of nitrogens with one attached hydrogen (secondary N) is 1. The Bertz CT molecular complexity index is 1190. The maximum atomic E-state index is 13.4. The smallest absolute Gasteiger partial charge is 0.436 e. The molecular formula is C35H53N3O6. The van der Waals surface area contributed by atoms with Crippen LogP contribution in [-0.2, 0) is 23.9 Å². The minimum Gasteiger partial charge on any atom is -0.462 e. The number of hydrogen-bond donors (Lipinski definition) is 1. The summed E-state index contributed by atoms with van der Waals surface area (Å²) in [5, 5.41) is 7.89. The number of esters is 1. The quantitative estimate of drug-likeness (QED) is 0.160. The number of ketones is 1. The first-order valence-electron chi connectivity index (χ1n) is 17.3. The maximum Gasteiger partial charge on any atom is 0.436 e. The van der Waals surface area contributed by atoms with E-state index in [9.17, 15) is 14.4 Å². The normalized spacial score (nSPS) is 38.7. The predicted octanol–water partition coefficient (Wildman–Crippen LogP) is 5.81. The summed E-state index contributed by atoms with van der Waals surface area (Å²) in [6.45, 7) is 12.2. The number of fused-ring (bicyclic) bond motifs is 5. The number of oxime groups is 1. The van der Waals surface area contributed by atoms with Crippen molar-refractivity contribution >= 4 is 23.6 Å². The Morgan fingerprint density at radius 3 is 2.59 bits per heavy atom. The van der Waals surface area contributed by atoms with Gasteiger partial charge in [0.25, 0.3) is 0 Å². The molecule has 8 atom stereocenters. The van der Waals surface area contributed by atoms with Gasteiger partial charge in [-0.2, -0.15) is 0 Å². The first-order chi connectivity index (χ1) is 21.0. The fraction of sp³-hybridized carbons (Fsp3) is 0.829. The van der Waals surface area contributed by atoms with Crippen LogP contribution in [0.25, 0.3) is 0 Å². The number of hydrogen-bond acceptors (Lipinski definition) is 8. The molecule has 0 spiro atoms. The molecule has 3 saturated carbocycles.